The number of ether oxygens (including phenoxy) is 4. The highest BCUT2D eigenvalue weighted by Crippen LogP contribution is 2.42. The molecule has 2 aromatic carbocycles. The number of rotatable bonds is 10. The van der Waals surface area contributed by atoms with E-state index in [1.165, 1.54) is 0 Å². The number of benzene rings is 2. The summed E-state index contributed by atoms with van der Waals surface area (Å²) in [5.74, 6) is -6.55. The molecule has 2 unspecified atom stereocenters. The summed E-state index contributed by atoms with van der Waals surface area (Å²) in [7, 11) is 0. The van der Waals surface area contributed by atoms with E-state index in [0.717, 1.165) is 12.1 Å². The minimum atomic E-state index is -1.66. The zero-order chi connectivity index (χ0) is 35.3. The third-order valence-corrected chi connectivity index (χ3v) is 9.62. The van der Waals surface area contributed by atoms with E-state index in [1.54, 1.807) is 0 Å². The number of carbonyl (C=O) groups excluding carboxylic acids is 4. The lowest BCUT2D eigenvalue weighted by Crippen LogP contribution is -2.29. The maximum absolute atomic E-state index is 13.2. The molecule has 254 valence electrons. The van der Waals surface area contributed by atoms with Crippen molar-refractivity contribution in [2.45, 2.75) is 68.2 Å². The Kier molecular flexibility index (Phi) is 14.4. The molecule has 8 nitrogen and oxygen atoms in total. The molecule has 14 heteroatoms. The smallest absolute Gasteiger partial charge is 0.423 e. The zero-order valence-electron chi connectivity index (χ0n) is 26.7. The van der Waals surface area contributed by atoms with Crippen molar-refractivity contribution in [3.05, 3.63) is 53.4 Å². The Morgan fingerprint density at radius 3 is 1.15 bits per heavy atom. The summed E-state index contributed by atoms with van der Waals surface area (Å²) in [5, 5.41) is -1.57. The van der Waals surface area contributed by atoms with E-state index in [1.807, 2.05) is 55.4 Å². The van der Waals surface area contributed by atoms with Crippen LogP contribution in [0.25, 0.3) is 0 Å². The van der Waals surface area contributed by atoms with Crippen molar-refractivity contribution < 1.29 is 38.1 Å². The standard InChI is InChI=1S/C32H36Cl6O8/c1-9-15(31(3,4)5)13-43-27(39)21-23(37)17(33)11-19(35)25(21)45-29(41)30(42)46-26-20(36)12-18(34)24(38)22(26)28(40)44-14-16(10-2)32(6,7)8/h11-12,15-16H,9-10,13-14H2,1-8H3. The number of carbonyl (C=O) groups is 4. The monoisotopic (exact) mass is 758 g/mol. The lowest BCUT2D eigenvalue weighted by atomic mass is 9.80. The average Bonchev–Trinajstić information content (AvgIpc) is 2.93. The minimum Gasteiger partial charge on any atom is -0.462 e. The van der Waals surface area contributed by atoms with Gasteiger partial charge in [0.05, 0.1) is 43.3 Å². The number of esters is 4. The highest BCUT2D eigenvalue weighted by molar-refractivity contribution is 6.47. The molecule has 2 rings (SSSR count). The van der Waals surface area contributed by atoms with Crippen LogP contribution in [0.2, 0.25) is 30.1 Å². The molecule has 0 aliphatic heterocycles. The second-order valence-corrected chi connectivity index (χ2v) is 15.0. The Balaban J connectivity index is 2.41. The van der Waals surface area contributed by atoms with Gasteiger partial charge in [-0.3, -0.25) is 0 Å². The maximum atomic E-state index is 13.2. The molecule has 2 aromatic rings. The molecule has 0 aliphatic rings. The molecule has 0 spiro atoms. The molecule has 0 amide bonds. The fourth-order valence-electron chi connectivity index (χ4n) is 4.45. The van der Waals surface area contributed by atoms with Crippen LogP contribution < -0.4 is 9.47 Å². The summed E-state index contributed by atoms with van der Waals surface area (Å²) in [5.41, 5.74) is -1.34. The van der Waals surface area contributed by atoms with Crippen molar-refractivity contribution in [1.82, 2.24) is 0 Å². The molecule has 0 aliphatic carbocycles. The molecule has 0 N–H and O–H groups in total. The summed E-state index contributed by atoms with van der Waals surface area (Å²) in [6.45, 7) is 15.9. The fourth-order valence-corrected chi connectivity index (χ4v) is 5.89. The summed E-state index contributed by atoms with van der Waals surface area (Å²) in [4.78, 5) is 52.3. The van der Waals surface area contributed by atoms with E-state index < -0.39 is 46.5 Å². The molecular weight excluding hydrogens is 725 g/mol. The highest BCUT2D eigenvalue weighted by Gasteiger charge is 2.33. The van der Waals surface area contributed by atoms with Crippen LogP contribution in [0.1, 0.15) is 88.9 Å². The molecule has 0 radical (unpaired) electrons. The lowest BCUT2D eigenvalue weighted by Gasteiger charge is -2.29. The molecule has 0 fully saturated rings. The van der Waals surface area contributed by atoms with Crippen molar-refractivity contribution >= 4 is 93.5 Å². The van der Waals surface area contributed by atoms with Crippen molar-refractivity contribution in [3.8, 4) is 11.5 Å². The van der Waals surface area contributed by atoms with Crippen LogP contribution in [0.4, 0.5) is 0 Å². The number of hydrogen-bond donors (Lipinski definition) is 0. The summed E-state index contributed by atoms with van der Waals surface area (Å²) < 4.78 is 21.3. The van der Waals surface area contributed by atoms with Crippen molar-refractivity contribution in [3.63, 3.8) is 0 Å². The first-order valence-corrected chi connectivity index (χ1v) is 16.5. The Hall–Kier alpha value is -1.94. The van der Waals surface area contributed by atoms with Gasteiger partial charge in [0, 0.05) is 0 Å². The highest BCUT2D eigenvalue weighted by atomic mass is 35.5. The molecule has 0 heterocycles. The van der Waals surface area contributed by atoms with E-state index in [4.69, 9.17) is 88.6 Å². The van der Waals surface area contributed by atoms with Gasteiger partial charge in [0.2, 0.25) is 0 Å². The molecule has 46 heavy (non-hydrogen) atoms. The molecule has 0 aromatic heterocycles. The molecule has 0 saturated carbocycles. The van der Waals surface area contributed by atoms with E-state index in [2.05, 4.69) is 0 Å². The second kappa shape index (κ2) is 16.4. The first-order chi connectivity index (χ1) is 21.1. The predicted molar refractivity (Wildman–Crippen MR) is 181 cm³/mol. The summed E-state index contributed by atoms with van der Waals surface area (Å²) in [6.07, 6.45) is 1.41. The van der Waals surface area contributed by atoms with Gasteiger partial charge >= 0.3 is 23.9 Å². The van der Waals surface area contributed by atoms with Gasteiger partial charge in [0.25, 0.3) is 0 Å². The number of halogens is 6. The third kappa shape index (κ3) is 10.0. The Morgan fingerprint density at radius 2 is 0.891 bits per heavy atom. The van der Waals surface area contributed by atoms with E-state index in [9.17, 15) is 19.2 Å². The molecule has 0 saturated heterocycles. The largest absolute Gasteiger partial charge is 0.462 e. The first-order valence-electron chi connectivity index (χ1n) is 14.3. The van der Waals surface area contributed by atoms with Crippen molar-refractivity contribution in [2.75, 3.05) is 13.2 Å². The number of hydrogen-bond acceptors (Lipinski definition) is 8. The molecule has 2 atom stereocenters. The van der Waals surface area contributed by atoms with Gasteiger partial charge in [-0.1, -0.05) is 125 Å². The minimum absolute atomic E-state index is 0.0121. The van der Waals surface area contributed by atoms with Gasteiger partial charge in [-0.25, -0.2) is 19.2 Å². The normalized spacial score (nSPS) is 13.1. The van der Waals surface area contributed by atoms with Crippen molar-refractivity contribution in [1.29, 1.82) is 0 Å². The Labute approximate surface area is 299 Å². The van der Waals surface area contributed by atoms with Crippen molar-refractivity contribution in [2.24, 2.45) is 22.7 Å². The molecular formula is C32H36Cl6O8. The van der Waals surface area contributed by atoms with Crippen LogP contribution >= 0.6 is 69.6 Å². The van der Waals surface area contributed by atoms with Gasteiger partial charge in [-0.05, 0) is 47.6 Å². The molecule has 0 bridgehead atoms. The van der Waals surface area contributed by atoms with Crippen LogP contribution in [-0.4, -0.2) is 37.1 Å². The lowest BCUT2D eigenvalue weighted by molar-refractivity contribution is -0.156. The van der Waals surface area contributed by atoms with Crippen LogP contribution in [0, 0.1) is 22.7 Å². The fraction of sp³-hybridized carbons (Fsp3) is 0.500. The topological polar surface area (TPSA) is 105 Å². The first kappa shape index (κ1) is 40.2. The van der Waals surface area contributed by atoms with Crippen LogP contribution in [0.5, 0.6) is 11.5 Å². The van der Waals surface area contributed by atoms with E-state index >= 15 is 0 Å². The van der Waals surface area contributed by atoms with Gasteiger partial charge in [-0.2, -0.15) is 0 Å². The second-order valence-electron chi connectivity index (χ2n) is 12.6. The van der Waals surface area contributed by atoms with Crippen LogP contribution in [0.15, 0.2) is 12.1 Å². The van der Waals surface area contributed by atoms with E-state index in [0.29, 0.717) is 12.8 Å². The summed E-state index contributed by atoms with van der Waals surface area (Å²) >= 11 is 37.4. The van der Waals surface area contributed by atoms with Gasteiger partial charge in [0.15, 0.2) is 11.5 Å². The Morgan fingerprint density at radius 1 is 0.587 bits per heavy atom. The van der Waals surface area contributed by atoms with Crippen LogP contribution in [-0.2, 0) is 19.1 Å². The van der Waals surface area contributed by atoms with Gasteiger partial charge in [-0.15, -0.1) is 0 Å². The Bertz CT molecular complexity index is 1380. The SMILES string of the molecule is CCC(COC(=O)c1c(Cl)c(Cl)cc(Cl)c1OC(=O)C(=O)Oc1c(Cl)cc(Cl)c(Cl)c1C(=O)OCC(CC)C(C)(C)C)C(C)(C)C. The maximum Gasteiger partial charge on any atom is 0.423 e. The quantitative estimate of drug-likeness (QED) is 0.102. The third-order valence-electron chi connectivity index (χ3n) is 7.48. The summed E-state index contributed by atoms with van der Waals surface area (Å²) in [6, 6.07) is 2.23. The van der Waals surface area contributed by atoms with E-state index in [-0.39, 0.29) is 66.0 Å². The average molecular weight is 761 g/mol. The predicted octanol–water partition coefficient (Wildman–Crippen LogP) is 10.6. The van der Waals surface area contributed by atoms with Crippen LogP contribution in [0.3, 0.4) is 0 Å². The zero-order valence-corrected chi connectivity index (χ0v) is 31.2. The van der Waals surface area contributed by atoms with Gasteiger partial charge in [0.1, 0.15) is 11.1 Å². The van der Waals surface area contributed by atoms with Gasteiger partial charge < -0.3 is 18.9 Å².